The highest BCUT2D eigenvalue weighted by atomic mass is 16.5. The van der Waals surface area contributed by atoms with E-state index in [-0.39, 0.29) is 11.6 Å². The van der Waals surface area contributed by atoms with Crippen molar-refractivity contribution in [2.24, 2.45) is 0 Å². The molecule has 0 aromatic carbocycles. The number of methoxy groups -OCH3 is 1. The fourth-order valence-corrected chi connectivity index (χ4v) is 3.53. The predicted molar refractivity (Wildman–Crippen MR) is 76.7 cm³/mol. The Morgan fingerprint density at radius 1 is 1.45 bits per heavy atom. The first-order valence-corrected chi connectivity index (χ1v) is 7.42. The molecule has 110 valence electrons. The van der Waals surface area contributed by atoms with Crippen molar-refractivity contribution in [3.05, 3.63) is 17.6 Å². The third-order valence-corrected chi connectivity index (χ3v) is 4.60. The second-order valence-corrected chi connectivity index (χ2v) is 6.09. The summed E-state index contributed by atoms with van der Waals surface area (Å²) in [5.74, 6) is 1.74. The topological polar surface area (TPSA) is 58.5 Å². The molecular formula is C15H23N3O2. The number of aliphatic hydroxyl groups is 1. The van der Waals surface area contributed by atoms with Gasteiger partial charge in [0.1, 0.15) is 12.4 Å². The van der Waals surface area contributed by atoms with E-state index in [1.54, 1.807) is 7.11 Å². The third-order valence-electron chi connectivity index (χ3n) is 4.60. The molecule has 1 spiro atoms. The number of rotatable bonds is 3. The molecule has 0 bridgehead atoms. The summed E-state index contributed by atoms with van der Waals surface area (Å²) in [6.07, 6.45) is 5.10. The van der Waals surface area contributed by atoms with Gasteiger partial charge in [-0.05, 0) is 39.0 Å². The molecular weight excluding hydrogens is 254 g/mol. The summed E-state index contributed by atoms with van der Waals surface area (Å²) in [4.78, 5) is 11.5. The summed E-state index contributed by atoms with van der Waals surface area (Å²) in [5.41, 5.74) is 1.10. The second-order valence-electron chi connectivity index (χ2n) is 6.09. The predicted octanol–water partition coefficient (Wildman–Crippen LogP) is 1.82. The van der Waals surface area contributed by atoms with E-state index in [1.807, 2.05) is 6.92 Å². The van der Waals surface area contributed by atoms with Crippen LogP contribution in [0, 0.1) is 6.92 Å². The van der Waals surface area contributed by atoms with Crippen molar-refractivity contribution in [3.63, 3.8) is 0 Å². The molecule has 1 saturated heterocycles. The van der Waals surface area contributed by atoms with Crippen LogP contribution in [0.1, 0.15) is 43.6 Å². The number of piperidine rings is 1. The van der Waals surface area contributed by atoms with Crippen molar-refractivity contribution >= 4 is 5.82 Å². The summed E-state index contributed by atoms with van der Waals surface area (Å²) in [5, 5.41) is 9.99. The molecule has 1 N–H and O–H groups in total. The molecule has 5 heteroatoms. The van der Waals surface area contributed by atoms with Gasteiger partial charge < -0.3 is 14.7 Å². The Labute approximate surface area is 120 Å². The van der Waals surface area contributed by atoms with E-state index < -0.39 is 0 Å². The van der Waals surface area contributed by atoms with E-state index >= 15 is 0 Å². The Morgan fingerprint density at radius 3 is 2.90 bits per heavy atom. The van der Waals surface area contributed by atoms with Gasteiger partial charge in [0, 0.05) is 31.0 Å². The Kier molecular flexibility index (Phi) is 3.65. The molecule has 2 aliphatic rings. The molecule has 1 atom stereocenters. The third kappa shape index (κ3) is 2.40. The van der Waals surface area contributed by atoms with Gasteiger partial charge in [-0.15, -0.1) is 0 Å². The number of anilines is 1. The molecule has 3 rings (SSSR count). The summed E-state index contributed by atoms with van der Waals surface area (Å²) in [7, 11) is 1.66. The highest BCUT2D eigenvalue weighted by molar-refractivity contribution is 5.45. The van der Waals surface area contributed by atoms with Gasteiger partial charge >= 0.3 is 0 Å². The Balaban J connectivity index is 1.91. The maximum Gasteiger partial charge on any atom is 0.156 e. The Morgan fingerprint density at radius 2 is 2.25 bits per heavy atom. The SMILES string of the molecule is COCc1nc(C)cc(N2CCC(O)CC23CCC3)n1. The maximum absolute atomic E-state index is 9.99. The van der Waals surface area contributed by atoms with Crippen molar-refractivity contribution in [2.45, 2.75) is 57.3 Å². The average molecular weight is 277 g/mol. The highest BCUT2D eigenvalue weighted by Gasteiger charge is 2.47. The van der Waals surface area contributed by atoms with Crippen molar-refractivity contribution in [1.29, 1.82) is 0 Å². The van der Waals surface area contributed by atoms with E-state index in [0.717, 1.165) is 49.6 Å². The first kappa shape index (κ1) is 13.8. The maximum atomic E-state index is 9.99. The molecule has 1 aliphatic carbocycles. The van der Waals surface area contributed by atoms with Crippen LogP contribution in [0.2, 0.25) is 0 Å². The lowest BCUT2D eigenvalue weighted by Gasteiger charge is -2.55. The first-order valence-electron chi connectivity index (χ1n) is 7.42. The Hall–Kier alpha value is -1.20. The zero-order valence-electron chi connectivity index (χ0n) is 12.3. The van der Waals surface area contributed by atoms with Gasteiger partial charge in [-0.25, -0.2) is 9.97 Å². The summed E-state index contributed by atoms with van der Waals surface area (Å²) < 4.78 is 5.15. The van der Waals surface area contributed by atoms with Crippen LogP contribution in [0.5, 0.6) is 0 Å². The summed E-state index contributed by atoms with van der Waals surface area (Å²) in [6.45, 7) is 3.32. The molecule has 0 radical (unpaired) electrons. The van der Waals surface area contributed by atoms with E-state index in [2.05, 4.69) is 20.9 Å². The van der Waals surface area contributed by atoms with Gasteiger partial charge in [0.15, 0.2) is 5.82 Å². The largest absolute Gasteiger partial charge is 0.393 e. The number of aromatic nitrogens is 2. The summed E-state index contributed by atoms with van der Waals surface area (Å²) >= 11 is 0. The van der Waals surface area contributed by atoms with Gasteiger partial charge in [0.2, 0.25) is 0 Å². The molecule has 2 heterocycles. The van der Waals surface area contributed by atoms with Gasteiger partial charge in [-0.3, -0.25) is 0 Å². The molecule has 5 nitrogen and oxygen atoms in total. The van der Waals surface area contributed by atoms with Crippen LogP contribution in [0.15, 0.2) is 6.07 Å². The number of aryl methyl sites for hydroxylation is 1. The minimum atomic E-state index is -0.159. The minimum Gasteiger partial charge on any atom is -0.393 e. The molecule has 1 unspecified atom stereocenters. The smallest absolute Gasteiger partial charge is 0.156 e. The van der Waals surface area contributed by atoms with Crippen LogP contribution in [0.25, 0.3) is 0 Å². The van der Waals surface area contributed by atoms with Crippen molar-refractivity contribution in [2.75, 3.05) is 18.6 Å². The number of aliphatic hydroxyl groups excluding tert-OH is 1. The highest BCUT2D eigenvalue weighted by Crippen LogP contribution is 2.46. The lowest BCUT2D eigenvalue weighted by molar-refractivity contribution is 0.0602. The lowest BCUT2D eigenvalue weighted by Crippen LogP contribution is -2.59. The van der Waals surface area contributed by atoms with E-state index in [1.165, 1.54) is 6.42 Å². The molecule has 1 saturated carbocycles. The van der Waals surface area contributed by atoms with E-state index in [0.29, 0.717) is 6.61 Å². The Bertz CT molecular complexity index is 488. The summed E-state index contributed by atoms with van der Waals surface area (Å²) in [6, 6.07) is 2.05. The normalized spacial score (nSPS) is 24.8. The molecule has 1 aromatic rings. The van der Waals surface area contributed by atoms with Crippen LogP contribution in [0.4, 0.5) is 5.82 Å². The first-order chi connectivity index (χ1) is 9.63. The molecule has 1 aliphatic heterocycles. The van der Waals surface area contributed by atoms with Crippen LogP contribution in [-0.2, 0) is 11.3 Å². The minimum absolute atomic E-state index is 0.128. The fourth-order valence-electron chi connectivity index (χ4n) is 3.53. The van der Waals surface area contributed by atoms with Crippen LogP contribution in [0.3, 0.4) is 0 Å². The number of ether oxygens (including phenoxy) is 1. The van der Waals surface area contributed by atoms with Crippen LogP contribution in [-0.4, -0.2) is 40.4 Å². The number of nitrogens with zero attached hydrogens (tertiary/aromatic N) is 3. The van der Waals surface area contributed by atoms with Crippen LogP contribution >= 0.6 is 0 Å². The van der Waals surface area contributed by atoms with E-state index in [9.17, 15) is 5.11 Å². The zero-order chi connectivity index (χ0) is 14.2. The van der Waals surface area contributed by atoms with Crippen molar-refractivity contribution in [1.82, 2.24) is 9.97 Å². The van der Waals surface area contributed by atoms with Gasteiger partial charge in [-0.2, -0.15) is 0 Å². The number of hydrogen-bond acceptors (Lipinski definition) is 5. The second kappa shape index (κ2) is 5.30. The molecule has 1 aromatic heterocycles. The standard InChI is InChI=1S/C15H23N3O2/c1-11-8-14(17-13(16-11)10-20-2)18-7-4-12(19)9-15(18)5-3-6-15/h8,12,19H,3-7,9-10H2,1-2H3. The molecule has 20 heavy (non-hydrogen) atoms. The van der Waals surface area contributed by atoms with Crippen molar-refractivity contribution < 1.29 is 9.84 Å². The average Bonchev–Trinajstić information content (AvgIpc) is 2.36. The van der Waals surface area contributed by atoms with E-state index in [4.69, 9.17) is 4.74 Å². The monoisotopic (exact) mass is 277 g/mol. The lowest BCUT2D eigenvalue weighted by atomic mass is 9.69. The number of hydrogen-bond donors (Lipinski definition) is 1. The van der Waals surface area contributed by atoms with Crippen molar-refractivity contribution in [3.8, 4) is 0 Å². The van der Waals surface area contributed by atoms with Gasteiger partial charge in [-0.1, -0.05) is 0 Å². The van der Waals surface area contributed by atoms with Crippen LogP contribution < -0.4 is 4.90 Å². The zero-order valence-corrected chi connectivity index (χ0v) is 12.3. The molecule has 2 fully saturated rings. The molecule has 0 amide bonds. The van der Waals surface area contributed by atoms with Gasteiger partial charge in [0.25, 0.3) is 0 Å². The van der Waals surface area contributed by atoms with Gasteiger partial charge in [0.05, 0.1) is 6.10 Å². The fraction of sp³-hybridized carbons (Fsp3) is 0.733. The quantitative estimate of drug-likeness (QED) is 0.913.